The molecule has 1 aromatic heterocycles. The number of nitrogens with zero attached hydrogens (tertiary/aromatic N) is 2. The first-order valence-corrected chi connectivity index (χ1v) is 9.01. The maximum atomic E-state index is 11.1. The zero-order chi connectivity index (χ0) is 16.0. The minimum absolute atomic E-state index is 0.223. The van der Waals surface area contributed by atoms with Crippen LogP contribution in [0, 0.1) is 11.8 Å². The first kappa shape index (κ1) is 15.4. The standard InChI is InChI=1S/C19H23ClN2O/c1-2-12-11-22-8-6-13(12)9-18(22)19(23)15-5-7-21-17-4-3-14(20)10-16(15)17/h3-5,7,10,12-13,18-19,23H,2,6,8-9,11H2,1H3/t12-,13-,18-,19+/m0/s1. The van der Waals surface area contributed by atoms with Crippen molar-refractivity contribution < 1.29 is 5.11 Å². The van der Waals surface area contributed by atoms with Crippen molar-refractivity contribution in [3.63, 3.8) is 0 Å². The van der Waals surface area contributed by atoms with Crippen molar-refractivity contribution in [2.45, 2.75) is 38.3 Å². The minimum atomic E-state index is -0.473. The molecule has 3 aliphatic heterocycles. The quantitative estimate of drug-likeness (QED) is 0.922. The molecule has 1 unspecified atom stereocenters. The number of rotatable bonds is 3. The van der Waals surface area contributed by atoms with Crippen LogP contribution in [0.15, 0.2) is 30.5 Å². The predicted octanol–water partition coefficient (Wildman–Crippen LogP) is 4.04. The Hall–Kier alpha value is -1.16. The van der Waals surface area contributed by atoms with Gasteiger partial charge in [-0.05, 0) is 61.1 Å². The van der Waals surface area contributed by atoms with Crippen LogP contribution >= 0.6 is 11.6 Å². The van der Waals surface area contributed by atoms with Gasteiger partial charge in [-0.3, -0.25) is 9.88 Å². The molecule has 4 heteroatoms. The summed E-state index contributed by atoms with van der Waals surface area (Å²) in [4.78, 5) is 6.90. The van der Waals surface area contributed by atoms with Crippen LogP contribution in [-0.2, 0) is 0 Å². The topological polar surface area (TPSA) is 36.4 Å². The normalized spacial score (nSPS) is 31.4. The molecule has 122 valence electrons. The van der Waals surface area contributed by atoms with Crippen molar-refractivity contribution in [3.05, 3.63) is 41.0 Å². The lowest BCUT2D eigenvalue weighted by atomic mass is 9.72. The minimum Gasteiger partial charge on any atom is -0.387 e. The highest BCUT2D eigenvalue weighted by Gasteiger charge is 2.42. The average Bonchev–Trinajstić information content (AvgIpc) is 2.60. The van der Waals surface area contributed by atoms with Gasteiger partial charge < -0.3 is 5.11 Å². The summed E-state index contributed by atoms with van der Waals surface area (Å²) >= 11 is 6.16. The van der Waals surface area contributed by atoms with Crippen LogP contribution in [0.3, 0.4) is 0 Å². The van der Waals surface area contributed by atoms with E-state index in [1.165, 1.54) is 12.8 Å². The number of hydrogen-bond donors (Lipinski definition) is 1. The van der Waals surface area contributed by atoms with Gasteiger partial charge in [0.25, 0.3) is 0 Å². The molecule has 3 fully saturated rings. The zero-order valence-electron chi connectivity index (χ0n) is 13.5. The fourth-order valence-electron chi connectivity index (χ4n) is 4.58. The molecule has 1 aromatic carbocycles. The summed E-state index contributed by atoms with van der Waals surface area (Å²) in [7, 11) is 0. The van der Waals surface area contributed by atoms with Gasteiger partial charge in [-0.25, -0.2) is 0 Å². The number of hydrogen-bond acceptors (Lipinski definition) is 3. The second kappa shape index (κ2) is 6.04. The number of fused-ring (bicyclic) bond motifs is 4. The smallest absolute Gasteiger partial charge is 0.0952 e. The summed E-state index contributed by atoms with van der Waals surface area (Å²) in [6.07, 6.45) is 4.95. The molecular weight excluding hydrogens is 308 g/mol. The summed E-state index contributed by atoms with van der Waals surface area (Å²) in [6, 6.07) is 7.87. The van der Waals surface area contributed by atoms with Crippen molar-refractivity contribution in [2.75, 3.05) is 13.1 Å². The third-order valence-corrected chi connectivity index (χ3v) is 6.12. The summed E-state index contributed by atoms with van der Waals surface area (Å²) in [5.74, 6) is 1.57. The van der Waals surface area contributed by atoms with E-state index in [0.29, 0.717) is 5.02 Å². The molecule has 3 saturated heterocycles. The van der Waals surface area contributed by atoms with Crippen LogP contribution in [0.1, 0.15) is 37.9 Å². The Kier molecular flexibility index (Phi) is 4.04. The van der Waals surface area contributed by atoms with E-state index >= 15 is 0 Å². The molecule has 0 spiro atoms. The molecule has 5 atom stereocenters. The first-order valence-electron chi connectivity index (χ1n) is 8.63. The number of halogens is 1. The van der Waals surface area contributed by atoms with Gasteiger partial charge in [-0.1, -0.05) is 24.9 Å². The molecule has 3 aliphatic rings. The molecule has 0 saturated carbocycles. The average molecular weight is 331 g/mol. The molecule has 0 amide bonds. The Labute approximate surface area is 142 Å². The molecule has 0 radical (unpaired) electrons. The number of benzene rings is 1. The van der Waals surface area contributed by atoms with E-state index in [2.05, 4.69) is 16.8 Å². The highest BCUT2D eigenvalue weighted by Crippen LogP contribution is 2.42. The highest BCUT2D eigenvalue weighted by molar-refractivity contribution is 6.31. The number of piperidine rings is 3. The lowest BCUT2D eigenvalue weighted by Crippen LogP contribution is -2.55. The SMILES string of the molecule is CC[C@H]1CN2CC[C@H]1C[C@H]2[C@H](O)c1ccnc2ccc(Cl)cc12. The van der Waals surface area contributed by atoms with Crippen LogP contribution in [0.25, 0.3) is 10.9 Å². The van der Waals surface area contributed by atoms with E-state index in [0.717, 1.165) is 47.8 Å². The van der Waals surface area contributed by atoms with Gasteiger partial charge >= 0.3 is 0 Å². The molecule has 0 aliphatic carbocycles. The zero-order valence-corrected chi connectivity index (χ0v) is 14.2. The van der Waals surface area contributed by atoms with E-state index < -0.39 is 6.10 Å². The molecule has 2 bridgehead atoms. The van der Waals surface area contributed by atoms with E-state index in [9.17, 15) is 5.11 Å². The van der Waals surface area contributed by atoms with Gasteiger partial charge in [-0.2, -0.15) is 0 Å². The number of aliphatic hydroxyl groups excluding tert-OH is 1. The number of pyridine rings is 1. The molecule has 3 nitrogen and oxygen atoms in total. The highest BCUT2D eigenvalue weighted by atomic mass is 35.5. The summed E-state index contributed by atoms with van der Waals surface area (Å²) in [5.41, 5.74) is 1.86. The van der Waals surface area contributed by atoms with Crippen molar-refractivity contribution in [2.24, 2.45) is 11.8 Å². The van der Waals surface area contributed by atoms with Crippen molar-refractivity contribution in [3.8, 4) is 0 Å². The Morgan fingerprint density at radius 2 is 2.26 bits per heavy atom. The van der Waals surface area contributed by atoms with Crippen LogP contribution in [-0.4, -0.2) is 34.1 Å². The predicted molar refractivity (Wildman–Crippen MR) is 93.6 cm³/mol. The summed E-state index contributed by atoms with van der Waals surface area (Å²) in [5, 5.41) is 12.8. The van der Waals surface area contributed by atoms with E-state index in [1.54, 1.807) is 6.20 Å². The molecule has 1 N–H and O–H groups in total. The van der Waals surface area contributed by atoms with Gasteiger partial charge in [0.05, 0.1) is 11.6 Å². The molecule has 23 heavy (non-hydrogen) atoms. The van der Waals surface area contributed by atoms with E-state index in [4.69, 9.17) is 11.6 Å². The maximum Gasteiger partial charge on any atom is 0.0952 e. The van der Waals surface area contributed by atoms with Gasteiger partial charge in [-0.15, -0.1) is 0 Å². The molecular formula is C19H23ClN2O. The molecule has 2 aromatic rings. The fourth-order valence-corrected chi connectivity index (χ4v) is 4.75. The largest absolute Gasteiger partial charge is 0.387 e. The second-order valence-electron chi connectivity index (χ2n) is 7.02. The van der Waals surface area contributed by atoms with E-state index in [-0.39, 0.29) is 6.04 Å². The van der Waals surface area contributed by atoms with Crippen molar-refractivity contribution in [1.29, 1.82) is 0 Å². The van der Waals surface area contributed by atoms with Crippen LogP contribution in [0.4, 0.5) is 0 Å². The van der Waals surface area contributed by atoms with Crippen LogP contribution in [0.2, 0.25) is 5.02 Å². The maximum absolute atomic E-state index is 11.1. The number of aliphatic hydroxyl groups is 1. The van der Waals surface area contributed by atoms with Gasteiger partial charge in [0.15, 0.2) is 0 Å². The van der Waals surface area contributed by atoms with Crippen LogP contribution < -0.4 is 0 Å². The van der Waals surface area contributed by atoms with Gasteiger partial charge in [0.1, 0.15) is 0 Å². The lowest BCUT2D eigenvalue weighted by Gasteiger charge is -2.51. The molecule has 4 heterocycles. The lowest BCUT2D eigenvalue weighted by molar-refractivity contribution is -0.0562. The van der Waals surface area contributed by atoms with Gasteiger partial charge in [0, 0.05) is 29.2 Å². The fraction of sp³-hybridized carbons (Fsp3) is 0.526. The first-order chi connectivity index (χ1) is 11.2. The third kappa shape index (κ3) is 2.65. The summed E-state index contributed by atoms with van der Waals surface area (Å²) in [6.45, 7) is 4.54. The third-order valence-electron chi connectivity index (χ3n) is 5.88. The Balaban J connectivity index is 1.68. The Morgan fingerprint density at radius 1 is 1.39 bits per heavy atom. The van der Waals surface area contributed by atoms with Crippen LogP contribution in [0.5, 0.6) is 0 Å². The number of aromatic nitrogens is 1. The molecule has 5 rings (SSSR count). The summed E-state index contributed by atoms with van der Waals surface area (Å²) < 4.78 is 0. The monoisotopic (exact) mass is 330 g/mol. The second-order valence-corrected chi connectivity index (χ2v) is 7.46. The van der Waals surface area contributed by atoms with Gasteiger partial charge in [0.2, 0.25) is 0 Å². The van der Waals surface area contributed by atoms with Crippen molar-refractivity contribution >= 4 is 22.5 Å². The Morgan fingerprint density at radius 3 is 3.00 bits per heavy atom. The Bertz CT molecular complexity index is 720. The van der Waals surface area contributed by atoms with Crippen molar-refractivity contribution in [1.82, 2.24) is 9.88 Å². The van der Waals surface area contributed by atoms with E-state index in [1.807, 2.05) is 24.3 Å².